The first-order chi connectivity index (χ1) is 6.93. The predicted octanol–water partition coefficient (Wildman–Crippen LogP) is 3.15. The molecule has 0 radical (unpaired) electrons. The van der Waals surface area contributed by atoms with E-state index in [2.05, 4.69) is 6.92 Å². The topological polar surface area (TPSA) is 18.5 Å². The number of rotatable bonds is 7. The van der Waals surface area contributed by atoms with Gasteiger partial charge in [0.05, 0.1) is 25.9 Å². The fourth-order valence-corrected chi connectivity index (χ4v) is 1.86. The molecule has 84 valence electrons. The molecule has 1 saturated heterocycles. The Morgan fingerprint density at radius 2 is 1.79 bits per heavy atom. The minimum absolute atomic E-state index is 0.384. The third kappa shape index (κ3) is 5.61. The van der Waals surface area contributed by atoms with Crippen LogP contribution in [-0.2, 0) is 9.47 Å². The van der Waals surface area contributed by atoms with Crippen LogP contribution in [0.2, 0.25) is 0 Å². The average molecular weight is 200 g/mol. The van der Waals surface area contributed by atoms with Crippen LogP contribution in [0.3, 0.4) is 0 Å². The molecule has 1 aliphatic rings. The van der Waals surface area contributed by atoms with Crippen LogP contribution in [0.5, 0.6) is 0 Å². The minimum Gasteiger partial charge on any atom is -0.376 e. The van der Waals surface area contributed by atoms with Gasteiger partial charge >= 0.3 is 0 Å². The van der Waals surface area contributed by atoms with Crippen molar-refractivity contribution in [1.82, 2.24) is 0 Å². The highest BCUT2D eigenvalue weighted by atomic mass is 16.6. The molecule has 0 N–H and O–H groups in total. The quantitative estimate of drug-likeness (QED) is 0.588. The first kappa shape index (κ1) is 12.0. The highest BCUT2D eigenvalue weighted by molar-refractivity contribution is 4.60. The number of hydrogen-bond acceptors (Lipinski definition) is 2. The summed E-state index contributed by atoms with van der Waals surface area (Å²) in [5, 5.41) is 0. The molecule has 1 fully saturated rings. The Morgan fingerprint density at radius 1 is 1.00 bits per heavy atom. The molecule has 14 heavy (non-hydrogen) atoms. The van der Waals surface area contributed by atoms with E-state index in [0.29, 0.717) is 6.10 Å². The van der Waals surface area contributed by atoms with Gasteiger partial charge in [-0.3, -0.25) is 0 Å². The lowest BCUT2D eigenvalue weighted by atomic mass is 10.1. The number of ether oxygens (including phenoxy) is 2. The van der Waals surface area contributed by atoms with E-state index >= 15 is 0 Å². The van der Waals surface area contributed by atoms with Crippen LogP contribution < -0.4 is 0 Å². The van der Waals surface area contributed by atoms with Gasteiger partial charge in [0.25, 0.3) is 0 Å². The monoisotopic (exact) mass is 200 g/mol. The van der Waals surface area contributed by atoms with Gasteiger partial charge < -0.3 is 9.47 Å². The Kier molecular flexibility index (Phi) is 7.06. The minimum atomic E-state index is 0.384. The van der Waals surface area contributed by atoms with E-state index in [0.717, 1.165) is 19.8 Å². The molecule has 2 nitrogen and oxygen atoms in total. The molecular formula is C12H24O2. The third-order valence-corrected chi connectivity index (χ3v) is 2.76. The molecule has 0 spiro atoms. The standard InChI is InChI=1S/C12H24O2/c1-2-3-4-5-6-7-8-12-11-13-9-10-14-12/h12H,2-11H2,1H3. The maximum absolute atomic E-state index is 5.58. The molecule has 2 heteroatoms. The van der Waals surface area contributed by atoms with E-state index in [9.17, 15) is 0 Å². The molecule has 0 aromatic carbocycles. The van der Waals surface area contributed by atoms with E-state index in [1.54, 1.807) is 0 Å². The van der Waals surface area contributed by atoms with E-state index in [1.807, 2.05) is 0 Å². The molecule has 1 aliphatic heterocycles. The molecule has 0 amide bonds. The molecule has 1 heterocycles. The smallest absolute Gasteiger partial charge is 0.0809 e. The molecule has 1 unspecified atom stereocenters. The summed E-state index contributed by atoms with van der Waals surface area (Å²) < 4.78 is 10.9. The van der Waals surface area contributed by atoms with E-state index in [4.69, 9.17) is 9.47 Å². The summed E-state index contributed by atoms with van der Waals surface area (Å²) in [5.41, 5.74) is 0. The van der Waals surface area contributed by atoms with Gasteiger partial charge in [-0.2, -0.15) is 0 Å². The van der Waals surface area contributed by atoms with Crippen molar-refractivity contribution in [3.63, 3.8) is 0 Å². The number of unbranched alkanes of at least 4 members (excludes halogenated alkanes) is 5. The molecule has 0 aromatic heterocycles. The van der Waals surface area contributed by atoms with Crippen LogP contribution in [-0.4, -0.2) is 25.9 Å². The summed E-state index contributed by atoms with van der Waals surface area (Å²) in [6, 6.07) is 0. The van der Waals surface area contributed by atoms with E-state index in [1.165, 1.54) is 44.9 Å². The Labute approximate surface area is 88.0 Å². The van der Waals surface area contributed by atoms with Gasteiger partial charge in [0.2, 0.25) is 0 Å². The van der Waals surface area contributed by atoms with Crippen molar-refractivity contribution in [3.05, 3.63) is 0 Å². The van der Waals surface area contributed by atoms with Crippen molar-refractivity contribution < 1.29 is 9.47 Å². The Morgan fingerprint density at radius 3 is 2.50 bits per heavy atom. The van der Waals surface area contributed by atoms with Crippen LogP contribution in [0.15, 0.2) is 0 Å². The van der Waals surface area contributed by atoms with Gasteiger partial charge in [0.1, 0.15) is 0 Å². The van der Waals surface area contributed by atoms with Crippen LogP contribution in [0.4, 0.5) is 0 Å². The zero-order chi connectivity index (χ0) is 10.1. The van der Waals surface area contributed by atoms with Crippen molar-refractivity contribution in [2.45, 2.75) is 58.0 Å². The van der Waals surface area contributed by atoms with E-state index in [-0.39, 0.29) is 0 Å². The summed E-state index contributed by atoms with van der Waals surface area (Å²) >= 11 is 0. The fraction of sp³-hybridized carbons (Fsp3) is 1.00. The second-order valence-electron chi connectivity index (χ2n) is 4.12. The normalized spacial score (nSPS) is 22.5. The summed E-state index contributed by atoms with van der Waals surface area (Å²) in [4.78, 5) is 0. The van der Waals surface area contributed by atoms with Gasteiger partial charge in [-0.15, -0.1) is 0 Å². The Hall–Kier alpha value is -0.0800. The molecule has 0 bridgehead atoms. The molecular weight excluding hydrogens is 176 g/mol. The maximum Gasteiger partial charge on any atom is 0.0809 e. The van der Waals surface area contributed by atoms with Crippen molar-refractivity contribution >= 4 is 0 Å². The summed E-state index contributed by atoms with van der Waals surface area (Å²) in [5.74, 6) is 0. The van der Waals surface area contributed by atoms with Crippen LogP contribution in [0.1, 0.15) is 51.9 Å². The molecule has 1 rings (SSSR count). The van der Waals surface area contributed by atoms with Crippen molar-refractivity contribution in [2.75, 3.05) is 19.8 Å². The zero-order valence-electron chi connectivity index (χ0n) is 9.46. The molecule has 0 aliphatic carbocycles. The van der Waals surface area contributed by atoms with Gasteiger partial charge in [-0.05, 0) is 6.42 Å². The zero-order valence-corrected chi connectivity index (χ0v) is 9.46. The first-order valence-electron chi connectivity index (χ1n) is 6.13. The summed E-state index contributed by atoms with van der Waals surface area (Å²) in [6.07, 6.45) is 9.75. The lowest BCUT2D eigenvalue weighted by molar-refractivity contribution is -0.0912. The highest BCUT2D eigenvalue weighted by Crippen LogP contribution is 2.12. The molecule has 0 saturated carbocycles. The van der Waals surface area contributed by atoms with Crippen LogP contribution in [0.25, 0.3) is 0 Å². The van der Waals surface area contributed by atoms with E-state index < -0.39 is 0 Å². The first-order valence-corrected chi connectivity index (χ1v) is 6.13. The largest absolute Gasteiger partial charge is 0.376 e. The molecule has 0 aromatic rings. The predicted molar refractivity (Wildman–Crippen MR) is 58.6 cm³/mol. The van der Waals surface area contributed by atoms with Crippen LogP contribution in [0, 0.1) is 0 Å². The second kappa shape index (κ2) is 8.25. The van der Waals surface area contributed by atoms with Crippen LogP contribution >= 0.6 is 0 Å². The van der Waals surface area contributed by atoms with Crippen molar-refractivity contribution in [3.8, 4) is 0 Å². The van der Waals surface area contributed by atoms with Crippen molar-refractivity contribution in [2.24, 2.45) is 0 Å². The lowest BCUT2D eigenvalue weighted by Crippen LogP contribution is -2.28. The third-order valence-electron chi connectivity index (χ3n) is 2.76. The Balaban J connectivity index is 1.82. The fourth-order valence-electron chi connectivity index (χ4n) is 1.86. The number of hydrogen-bond donors (Lipinski definition) is 0. The average Bonchev–Trinajstić information content (AvgIpc) is 2.25. The Bertz CT molecular complexity index is 119. The highest BCUT2D eigenvalue weighted by Gasteiger charge is 2.12. The second-order valence-corrected chi connectivity index (χ2v) is 4.12. The molecule has 1 atom stereocenters. The van der Waals surface area contributed by atoms with Gasteiger partial charge in [0, 0.05) is 0 Å². The van der Waals surface area contributed by atoms with Crippen molar-refractivity contribution in [1.29, 1.82) is 0 Å². The SMILES string of the molecule is CCCCCCCCC1COCCO1. The lowest BCUT2D eigenvalue weighted by Gasteiger charge is -2.22. The maximum atomic E-state index is 5.58. The van der Waals surface area contributed by atoms with Gasteiger partial charge in [-0.1, -0.05) is 45.4 Å². The van der Waals surface area contributed by atoms with Gasteiger partial charge in [0.15, 0.2) is 0 Å². The summed E-state index contributed by atoms with van der Waals surface area (Å²) in [7, 11) is 0. The summed E-state index contributed by atoms with van der Waals surface area (Å²) in [6.45, 7) is 4.65. The van der Waals surface area contributed by atoms with Gasteiger partial charge in [-0.25, -0.2) is 0 Å².